The zero-order valence-corrected chi connectivity index (χ0v) is 12.8. The van der Waals surface area contributed by atoms with E-state index in [2.05, 4.69) is 12.2 Å². The van der Waals surface area contributed by atoms with Crippen molar-refractivity contribution in [3.63, 3.8) is 0 Å². The van der Waals surface area contributed by atoms with E-state index >= 15 is 0 Å². The number of carbonyl (C=O) groups is 1. The van der Waals surface area contributed by atoms with E-state index in [9.17, 15) is 9.90 Å². The number of rotatable bonds is 8. The average molecular weight is 285 g/mol. The van der Waals surface area contributed by atoms with Gasteiger partial charge in [-0.25, -0.2) is 0 Å². The standard InChI is InChI=1S/C14H23NO3S/c1-10(2)15-14(4,13(16)17)8-11(3)19-9-12-6-5-7-18-12/h5-7,10-11,15H,8-9H2,1-4H3,(H,16,17). The van der Waals surface area contributed by atoms with Crippen molar-refractivity contribution in [3.8, 4) is 0 Å². The molecular weight excluding hydrogens is 262 g/mol. The monoisotopic (exact) mass is 285 g/mol. The highest BCUT2D eigenvalue weighted by atomic mass is 32.2. The second-order valence-corrected chi connectivity index (χ2v) is 6.77. The second-order valence-electron chi connectivity index (χ2n) is 5.34. The Hall–Kier alpha value is -0.940. The van der Waals surface area contributed by atoms with Gasteiger partial charge in [0.05, 0.1) is 12.0 Å². The molecule has 1 heterocycles. The van der Waals surface area contributed by atoms with E-state index in [1.54, 1.807) is 24.9 Å². The van der Waals surface area contributed by atoms with Gasteiger partial charge in [-0.1, -0.05) is 6.92 Å². The summed E-state index contributed by atoms with van der Waals surface area (Å²) in [6.07, 6.45) is 2.23. The van der Waals surface area contributed by atoms with E-state index < -0.39 is 11.5 Å². The van der Waals surface area contributed by atoms with Crippen LogP contribution in [0.3, 0.4) is 0 Å². The van der Waals surface area contributed by atoms with Gasteiger partial charge in [-0.2, -0.15) is 11.8 Å². The lowest BCUT2D eigenvalue weighted by molar-refractivity contribution is -0.144. The highest BCUT2D eigenvalue weighted by Crippen LogP contribution is 2.25. The maximum absolute atomic E-state index is 11.4. The Balaban J connectivity index is 2.51. The van der Waals surface area contributed by atoms with E-state index in [-0.39, 0.29) is 11.3 Å². The third-order valence-electron chi connectivity index (χ3n) is 2.87. The molecule has 0 bridgehead atoms. The third-order valence-corrected chi connectivity index (χ3v) is 4.05. The molecule has 0 amide bonds. The van der Waals surface area contributed by atoms with E-state index in [1.807, 2.05) is 26.0 Å². The lowest BCUT2D eigenvalue weighted by Crippen LogP contribution is -2.53. The Morgan fingerprint density at radius 1 is 1.53 bits per heavy atom. The fourth-order valence-corrected chi connectivity index (χ4v) is 3.16. The lowest BCUT2D eigenvalue weighted by Gasteiger charge is -2.31. The Kier molecular flexibility index (Phi) is 5.94. The molecule has 1 aromatic heterocycles. The highest BCUT2D eigenvalue weighted by Gasteiger charge is 2.35. The van der Waals surface area contributed by atoms with Crippen molar-refractivity contribution in [2.45, 2.75) is 56.7 Å². The number of aliphatic carboxylic acids is 1. The molecule has 2 N–H and O–H groups in total. The maximum Gasteiger partial charge on any atom is 0.323 e. The van der Waals surface area contributed by atoms with Crippen LogP contribution in [0.25, 0.3) is 0 Å². The van der Waals surface area contributed by atoms with E-state index in [0.29, 0.717) is 6.42 Å². The number of carboxylic acids is 1. The number of carboxylic acid groups (broad SMARTS) is 1. The number of nitrogens with one attached hydrogen (secondary N) is 1. The Morgan fingerprint density at radius 2 is 2.21 bits per heavy atom. The fourth-order valence-electron chi connectivity index (χ4n) is 2.10. The molecule has 108 valence electrons. The average Bonchev–Trinajstić information content (AvgIpc) is 2.77. The molecular formula is C14H23NO3S. The van der Waals surface area contributed by atoms with Crippen molar-refractivity contribution in [1.82, 2.24) is 5.32 Å². The van der Waals surface area contributed by atoms with E-state index in [0.717, 1.165) is 11.5 Å². The summed E-state index contributed by atoms with van der Waals surface area (Å²) in [6.45, 7) is 7.72. The molecule has 0 saturated heterocycles. The van der Waals surface area contributed by atoms with Crippen molar-refractivity contribution >= 4 is 17.7 Å². The molecule has 0 radical (unpaired) electrons. The quantitative estimate of drug-likeness (QED) is 0.768. The summed E-state index contributed by atoms with van der Waals surface area (Å²) in [4.78, 5) is 11.4. The highest BCUT2D eigenvalue weighted by molar-refractivity contribution is 7.99. The summed E-state index contributed by atoms with van der Waals surface area (Å²) in [5.41, 5.74) is -0.885. The van der Waals surface area contributed by atoms with Gasteiger partial charge in [0.2, 0.25) is 0 Å². The molecule has 4 nitrogen and oxygen atoms in total. The van der Waals surface area contributed by atoms with Crippen LogP contribution in [-0.4, -0.2) is 27.9 Å². The third kappa shape index (κ3) is 5.28. The topological polar surface area (TPSA) is 62.5 Å². The maximum atomic E-state index is 11.4. The molecule has 0 aromatic carbocycles. The van der Waals surface area contributed by atoms with Gasteiger partial charge in [-0.05, 0) is 39.3 Å². The van der Waals surface area contributed by atoms with Gasteiger partial charge in [0.25, 0.3) is 0 Å². The summed E-state index contributed by atoms with van der Waals surface area (Å²) in [7, 11) is 0. The van der Waals surface area contributed by atoms with Crippen LogP contribution < -0.4 is 5.32 Å². The second kappa shape index (κ2) is 7.01. The van der Waals surface area contributed by atoms with Crippen molar-refractivity contribution < 1.29 is 14.3 Å². The minimum Gasteiger partial charge on any atom is -0.480 e. The van der Waals surface area contributed by atoms with Gasteiger partial charge in [-0.3, -0.25) is 10.1 Å². The molecule has 0 saturated carbocycles. The molecule has 0 fully saturated rings. The first-order valence-corrected chi connectivity index (χ1v) is 7.53. The van der Waals surface area contributed by atoms with Crippen molar-refractivity contribution in [3.05, 3.63) is 24.2 Å². The van der Waals surface area contributed by atoms with Gasteiger partial charge in [0, 0.05) is 11.3 Å². The van der Waals surface area contributed by atoms with Gasteiger partial charge in [0.15, 0.2) is 0 Å². The van der Waals surface area contributed by atoms with Crippen LogP contribution in [0.5, 0.6) is 0 Å². The van der Waals surface area contributed by atoms with Crippen LogP contribution in [-0.2, 0) is 10.5 Å². The molecule has 0 aliphatic heterocycles. The minimum absolute atomic E-state index is 0.142. The summed E-state index contributed by atoms with van der Waals surface area (Å²) >= 11 is 1.71. The fraction of sp³-hybridized carbons (Fsp3) is 0.643. The zero-order valence-electron chi connectivity index (χ0n) is 12.0. The van der Waals surface area contributed by atoms with E-state index in [1.165, 1.54) is 0 Å². The van der Waals surface area contributed by atoms with Gasteiger partial charge in [-0.15, -0.1) is 0 Å². The normalized spacial score (nSPS) is 16.3. The van der Waals surface area contributed by atoms with Crippen molar-refractivity contribution in [2.24, 2.45) is 0 Å². The number of hydrogen-bond donors (Lipinski definition) is 2. The molecule has 1 rings (SSSR count). The molecule has 0 aliphatic rings. The van der Waals surface area contributed by atoms with E-state index in [4.69, 9.17) is 4.42 Å². The summed E-state index contributed by atoms with van der Waals surface area (Å²) < 4.78 is 5.27. The number of thioether (sulfide) groups is 1. The number of furan rings is 1. The first-order valence-electron chi connectivity index (χ1n) is 6.48. The molecule has 0 aliphatic carbocycles. The summed E-state index contributed by atoms with van der Waals surface area (Å²) in [6, 6.07) is 3.94. The van der Waals surface area contributed by atoms with Crippen LogP contribution in [0.2, 0.25) is 0 Å². The first kappa shape index (κ1) is 16.1. The largest absolute Gasteiger partial charge is 0.480 e. The summed E-state index contributed by atoms with van der Waals surface area (Å²) in [5, 5.41) is 12.8. The molecule has 0 spiro atoms. The molecule has 1 aromatic rings. The van der Waals surface area contributed by atoms with Crippen LogP contribution in [0, 0.1) is 0 Å². The SMILES string of the molecule is CC(C)NC(C)(CC(C)SCc1ccco1)C(=O)O. The molecule has 5 heteroatoms. The summed E-state index contributed by atoms with van der Waals surface area (Å²) in [5.74, 6) is 0.892. The van der Waals surface area contributed by atoms with Gasteiger partial charge >= 0.3 is 5.97 Å². The first-order chi connectivity index (χ1) is 8.83. The lowest BCUT2D eigenvalue weighted by atomic mass is 9.95. The number of hydrogen-bond acceptors (Lipinski definition) is 4. The predicted octanol–water partition coefficient (Wildman–Crippen LogP) is 3.13. The van der Waals surface area contributed by atoms with Crippen LogP contribution in [0.15, 0.2) is 22.8 Å². The van der Waals surface area contributed by atoms with Crippen LogP contribution in [0.1, 0.15) is 39.9 Å². The smallest absolute Gasteiger partial charge is 0.323 e. The minimum atomic E-state index is -0.885. The zero-order chi connectivity index (χ0) is 14.5. The Labute approximate surface area is 119 Å². The molecule has 2 unspecified atom stereocenters. The van der Waals surface area contributed by atoms with Gasteiger partial charge < -0.3 is 9.52 Å². The van der Waals surface area contributed by atoms with Gasteiger partial charge in [0.1, 0.15) is 11.3 Å². The molecule has 19 heavy (non-hydrogen) atoms. The van der Waals surface area contributed by atoms with Crippen LogP contribution >= 0.6 is 11.8 Å². The van der Waals surface area contributed by atoms with Crippen molar-refractivity contribution in [1.29, 1.82) is 0 Å². The predicted molar refractivity (Wildman–Crippen MR) is 78.4 cm³/mol. The van der Waals surface area contributed by atoms with Crippen LogP contribution in [0.4, 0.5) is 0 Å². The molecule has 2 atom stereocenters. The Bertz CT molecular complexity index is 391. The van der Waals surface area contributed by atoms with Crippen molar-refractivity contribution in [2.75, 3.05) is 0 Å². The Morgan fingerprint density at radius 3 is 2.68 bits per heavy atom.